The maximum atomic E-state index is 12.2. The summed E-state index contributed by atoms with van der Waals surface area (Å²) >= 11 is 6.04. The van der Waals surface area contributed by atoms with Gasteiger partial charge in [-0.1, -0.05) is 23.7 Å². The summed E-state index contributed by atoms with van der Waals surface area (Å²) in [6, 6.07) is 8.21. The highest BCUT2D eigenvalue weighted by Gasteiger charge is 2.53. The van der Waals surface area contributed by atoms with E-state index in [1.54, 1.807) is 0 Å². The first-order chi connectivity index (χ1) is 15.3. The van der Waals surface area contributed by atoms with Crippen molar-refractivity contribution in [2.24, 2.45) is 23.2 Å². The van der Waals surface area contributed by atoms with Gasteiger partial charge in [-0.3, -0.25) is 0 Å². The predicted octanol–water partition coefficient (Wildman–Crippen LogP) is 6.20. The first-order valence-electron chi connectivity index (χ1n) is 12.2. The molecule has 6 rings (SSSR count). The van der Waals surface area contributed by atoms with E-state index in [1.165, 1.54) is 38.5 Å². The van der Waals surface area contributed by atoms with E-state index in [0.29, 0.717) is 35.1 Å². The van der Waals surface area contributed by atoms with Crippen LogP contribution in [0.3, 0.4) is 0 Å². The Morgan fingerprint density at radius 1 is 1.09 bits per heavy atom. The van der Waals surface area contributed by atoms with Crippen LogP contribution in [0, 0.1) is 37.0 Å². The first kappa shape index (κ1) is 22.0. The molecular weight excluding hydrogens is 420 g/mol. The molecule has 4 aliphatic rings. The minimum Gasteiger partial charge on any atom is -0.478 e. The monoisotopic (exact) mass is 454 g/mol. The summed E-state index contributed by atoms with van der Waals surface area (Å²) < 4.78 is 2.14. The van der Waals surface area contributed by atoms with Gasteiger partial charge in [0.15, 0.2) is 0 Å². The van der Waals surface area contributed by atoms with Crippen molar-refractivity contribution in [2.45, 2.75) is 78.4 Å². The van der Waals surface area contributed by atoms with Gasteiger partial charge in [0.1, 0.15) is 0 Å². The van der Waals surface area contributed by atoms with Crippen LogP contribution in [0.2, 0.25) is 5.02 Å². The second-order valence-corrected chi connectivity index (χ2v) is 11.4. The minimum atomic E-state index is -0.834. The molecule has 4 nitrogen and oxygen atoms in total. The van der Waals surface area contributed by atoms with Crippen molar-refractivity contribution in [3.05, 3.63) is 57.4 Å². The lowest BCUT2D eigenvalue weighted by Gasteiger charge is -2.59. The zero-order valence-corrected chi connectivity index (χ0v) is 20.2. The quantitative estimate of drug-likeness (QED) is 0.523. The van der Waals surface area contributed by atoms with Gasteiger partial charge in [-0.2, -0.15) is 0 Å². The zero-order chi connectivity index (χ0) is 22.6. The molecule has 0 saturated heterocycles. The average Bonchev–Trinajstić information content (AvgIpc) is 2.96. The van der Waals surface area contributed by atoms with Crippen molar-refractivity contribution in [1.82, 2.24) is 9.88 Å². The number of nitrogens with one attached hydrogen (secondary N) is 1. The molecule has 0 radical (unpaired) electrons. The fourth-order valence-corrected chi connectivity index (χ4v) is 7.76. The molecule has 4 aliphatic carbocycles. The molecule has 1 unspecified atom stereocenters. The number of aromatic carboxylic acids is 1. The van der Waals surface area contributed by atoms with Gasteiger partial charge in [0.25, 0.3) is 0 Å². The van der Waals surface area contributed by atoms with E-state index in [0.717, 1.165) is 40.3 Å². The Bertz CT molecular complexity index is 988. The molecule has 5 heteroatoms. The van der Waals surface area contributed by atoms with Crippen molar-refractivity contribution in [3.8, 4) is 0 Å². The van der Waals surface area contributed by atoms with Gasteiger partial charge in [0, 0.05) is 41.1 Å². The number of halogens is 1. The molecule has 1 atom stereocenters. The van der Waals surface area contributed by atoms with Gasteiger partial charge >= 0.3 is 5.97 Å². The van der Waals surface area contributed by atoms with Crippen LogP contribution in [-0.2, 0) is 13.1 Å². The van der Waals surface area contributed by atoms with Crippen LogP contribution in [0.25, 0.3) is 0 Å². The number of hydrogen-bond acceptors (Lipinski definition) is 2. The van der Waals surface area contributed by atoms with Crippen molar-refractivity contribution in [2.75, 3.05) is 0 Å². The third-order valence-corrected chi connectivity index (χ3v) is 9.22. The second kappa shape index (κ2) is 8.22. The second-order valence-electron chi connectivity index (χ2n) is 10.9. The van der Waals surface area contributed by atoms with E-state index in [4.69, 9.17) is 11.6 Å². The molecule has 0 aliphatic heterocycles. The highest BCUT2D eigenvalue weighted by Crippen LogP contribution is 2.61. The fourth-order valence-electron chi connectivity index (χ4n) is 7.64. The van der Waals surface area contributed by atoms with Crippen LogP contribution < -0.4 is 5.32 Å². The number of aromatic nitrogens is 1. The van der Waals surface area contributed by atoms with E-state index in [-0.39, 0.29) is 0 Å². The minimum absolute atomic E-state index is 0.410. The zero-order valence-electron chi connectivity index (χ0n) is 19.5. The maximum absolute atomic E-state index is 12.2. The number of nitrogens with zero attached hydrogens (tertiary/aromatic N) is 1. The third-order valence-electron chi connectivity index (χ3n) is 8.97. The van der Waals surface area contributed by atoms with Gasteiger partial charge in [-0.05, 0) is 100 Å². The molecule has 1 heterocycles. The number of carbonyl (C=O) groups is 1. The Morgan fingerprint density at radius 3 is 2.19 bits per heavy atom. The number of carboxylic acids is 1. The molecule has 0 amide bonds. The molecule has 32 heavy (non-hydrogen) atoms. The van der Waals surface area contributed by atoms with Crippen LogP contribution in [-0.4, -0.2) is 21.7 Å². The predicted molar refractivity (Wildman–Crippen MR) is 128 cm³/mol. The number of carboxylic acid groups (broad SMARTS) is 1. The van der Waals surface area contributed by atoms with Gasteiger partial charge < -0.3 is 15.0 Å². The summed E-state index contributed by atoms with van der Waals surface area (Å²) in [5, 5.41) is 14.5. The molecule has 4 bridgehead atoms. The Balaban J connectivity index is 1.37. The Morgan fingerprint density at radius 2 is 1.66 bits per heavy atom. The van der Waals surface area contributed by atoms with Gasteiger partial charge in [-0.25, -0.2) is 4.79 Å². The van der Waals surface area contributed by atoms with Crippen molar-refractivity contribution >= 4 is 17.6 Å². The molecular formula is C27H35ClN2O2. The lowest BCUT2D eigenvalue weighted by molar-refractivity contribution is -0.0706. The number of benzene rings is 1. The molecule has 1 aromatic heterocycles. The largest absolute Gasteiger partial charge is 0.478 e. The smallest absolute Gasteiger partial charge is 0.337 e. The van der Waals surface area contributed by atoms with Crippen LogP contribution in [0.5, 0.6) is 0 Å². The van der Waals surface area contributed by atoms with Crippen molar-refractivity contribution < 1.29 is 9.90 Å². The van der Waals surface area contributed by atoms with E-state index < -0.39 is 5.97 Å². The lowest BCUT2D eigenvalue weighted by atomic mass is 9.48. The van der Waals surface area contributed by atoms with Gasteiger partial charge in [-0.15, -0.1) is 0 Å². The van der Waals surface area contributed by atoms with E-state index in [2.05, 4.69) is 23.7 Å². The average molecular weight is 455 g/mol. The number of rotatable bonds is 7. The summed E-state index contributed by atoms with van der Waals surface area (Å²) in [5.74, 6) is 1.93. The van der Waals surface area contributed by atoms with E-state index in [1.807, 2.05) is 31.2 Å². The summed E-state index contributed by atoms with van der Waals surface area (Å²) in [6.07, 6.45) is 8.40. The molecule has 1 aromatic carbocycles. The van der Waals surface area contributed by atoms with Crippen LogP contribution >= 0.6 is 11.6 Å². The highest BCUT2D eigenvalue weighted by atomic mass is 35.5. The number of hydrogen-bond donors (Lipinski definition) is 2. The standard InChI is InChI=1S/C27H35ClN2O2/c1-16-24(14-29-18(3)27-11-20-8-21(12-27)10-22(9-20)13-27)25(26(31)32)17(2)30(16)15-19-4-6-23(28)7-5-19/h4-7,18,20-22,29H,8-15H2,1-3H3,(H,31,32). The molecule has 4 fully saturated rings. The SMILES string of the molecule is Cc1c(CNC(C)C23CC4CC(CC(C4)C2)C3)c(C(=O)O)c(C)n1Cc1ccc(Cl)cc1. The van der Waals surface area contributed by atoms with E-state index in [9.17, 15) is 9.90 Å². The third kappa shape index (κ3) is 3.80. The molecule has 0 spiro atoms. The van der Waals surface area contributed by atoms with Crippen LogP contribution in [0.4, 0.5) is 0 Å². The summed E-state index contributed by atoms with van der Waals surface area (Å²) in [4.78, 5) is 12.2. The normalized spacial score (nSPS) is 29.4. The van der Waals surface area contributed by atoms with Gasteiger partial charge in [0.2, 0.25) is 0 Å². The molecule has 2 aromatic rings. The van der Waals surface area contributed by atoms with Crippen LogP contribution in [0.15, 0.2) is 24.3 Å². The summed E-state index contributed by atoms with van der Waals surface area (Å²) in [5.41, 5.74) is 4.79. The Labute approximate surface area is 196 Å². The van der Waals surface area contributed by atoms with E-state index >= 15 is 0 Å². The van der Waals surface area contributed by atoms with Crippen LogP contribution in [0.1, 0.15) is 78.3 Å². The first-order valence-corrected chi connectivity index (χ1v) is 12.5. The summed E-state index contributed by atoms with van der Waals surface area (Å²) in [6.45, 7) is 7.60. The van der Waals surface area contributed by atoms with Crippen molar-refractivity contribution in [3.63, 3.8) is 0 Å². The molecule has 2 N–H and O–H groups in total. The Kier molecular flexibility index (Phi) is 5.66. The lowest BCUT2D eigenvalue weighted by Crippen LogP contribution is -2.54. The topological polar surface area (TPSA) is 54.3 Å². The van der Waals surface area contributed by atoms with Crippen molar-refractivity contribution in [1.29, 1.82) is 0 Å². The fraction of sp³-hybridized carbons (Fsp3) is 0.593. The molecule has 4 saturated carbocycles. The maximum Gasteiger partial charge on any atom is 0.337 e. The Hall–Kier alpha value is -1.78. The van der Waals surface area contributed by atoms with Gasteiger partial charge in [0.05, 0.1) is 5.56 Å². The summed E-state index contributed by atoms with van der Waals surface area (Å²) in [7, 11) is 0. The highest BCUT2D eigenvalue weighted by molar-refractivity contribution is 6.30. The molecule has 172 valence electrons.